The fraction of sp³-hybridized carbons (Fsp3) is 0.438. The highest BCUT2D eigenvalue weighted by molar-refractivity contribution is 5.94. The maximum absolute atomic E-state index is 12.0. The van der Waals surface area contributed by atoms with E-state index in [9.17, 15) is 4.79 Å². The molecular formula is C16H19NO2. The van der Waals surface area contributed by atoms with E-state index in [1.54, 1.807) is 31.2 Å². The van der Waals surface area contributed by atoms with E-state index in [0.29, 0.717) is 18.2 Å². The van der Waals surface area contributed by atoms with Crippen molar-refractivity contribution in [3.8, 4) is 17.6 Å². The van der Waals surface area contributed by atoms with Gasteiger partial charge in [-0.05, 0) is 44.0 Å². The minimum atomic E-state index is 0.00630. The van der Waals surface area contributed by atoms with Crippen LogP contribution in [0.1, 0.15) is 43.0 Å². The smallest absolute Gasteiger partial charge is 0.251 e. The summed E-state index contributed by atoms with van der Waals surface area (Å²) in [7, 11) is 0. The van der Waals surface area contributed by atoms with Crippen LogP contribution in [-0.4, -0.2) is 18.6 Å². The van der Waals surface area contributed by atoms with Gasteiger partial charge in [-0.15, -0.1) is 5.92 Å². The normalized spacial score (nSPS) is 14.6. The number of rotatable bonds is 4. The van der Waals surface area contributed by atoms with E-state index in [2.05, 4.69) is 17.2 Å². The van der Waals surface area contributed by atoms with Gasteiger partial charge < -0.3 is 10.1 Å². The number of hydrogen-bond acceptors (Lipinski definition) is 2. The minimum Gasteiger partial charge on any atom is -0.481 e. The summed E-state index contributed by atoms with van der Waals surface area (Å²) in [6.07, 6.45) is 4.64. The molecule has 0 unspecified atom stereocenters. The van der Waals surface area contributed by atoms with Gasteiger partial charge in [0.15, 0.2) is 0 Å². The summed E-state index contributed by atoms with van der Waals surface area (Å²) in [5, 5.41) is 3.06. The summed E-state index contributed by atoms with van der Waals surface area (Å²) in [6, 6.07) is 7.54. The molecule has 100 valence electrons. The van der Waals surface area contributed by atoms with Gasteiger partial charge in [-0.3, -0.25) is 4.79 Å². The Morgan fingerprint density at radius 1 is 1.32 bits per heavy atom. The second-order valence-electron chi connectivity index (χ2n) is 4.69. The van der Waals surface area contributed by atoms with Crippen molar-refractivity contribution in [2.45, 2.75) is 38.6 Å². The molecule has 1 aliphatic rings. The van der Waals surface area contributed by atoms with E-state index < -0.39 is 0 Å². The van der Waals surface area contributed by atoms with Crippen molar-refractivity contribution < 1.29 is 9.53 Å². The van der Waals surface area contributed by atoms with Gasteiger partial charge in [0.05, 0.1) is 0 Å². The van der Waals surface area contributed by atoms with Crippen LogP contribution in [0, 0.1) is 11.8 Å². The first-order chi connectivity index (χ1) is 9.29. The van der Waals surface area contributed by atoms with Crippen LogP contribution in [-0.2, 0) is 0 Å². The van der Waals surface area contributed by atoms with Crippen molar-refractivity contribution >= 4 is 5.91 Å². The van der Waals surface area contributed by atoms with Gasteiger partial charge in [0.2, 0.25) is 0 Å². The SMILES string of the molecule is CC#CCOc1ccc(C(=O)NC2CCCC2)cc1. The molecule has 3 nitrogen and oxygen atoms in total. The van der Waals surface area contributed by atoms with Crippen LogP contribution >= 0.6 is 0 Å². The summed E-state index contributed by atoms with van der Waals surface area (Å²) in [6.45, 7) is 2.16. The topological polar surface area (TPSA) is 38.3 Å². The molecule has 0 bridgehead atoms. The third kappa shape index (κ3) is 4.03. The molecule has 1 amide bonds. The molecule has 0 radical (unpaired) electrons. The van der Waals surface area contributed by atoms with Crippen molar-refractivity contribution in [1.29, 1.82) is 0 Å². The van der Waals surface area contributed by atoms with Gasteiger partial charge in [0.25, 0.3) is 5.91 Å². The van der Waals surface area contributed by atoms with Gasteiger partial charge in [-0.25, -0.2) is 0 Å². The number of benzene rings is 1. The molecule has 0 aromatic heterocycles. The molecule has 1 aromatic carbocycles. The quantitative estimate of drug-likeness (QED) is 0.842. The summed E-state index contributed by atoms with van der Waals surface area (Å²) in [4.78, 5) is 12.0. The van der Waals surface area contributed by atoms with Crippen molar-refractivity contribution in [2.24, 2.45) is 0 Å². The number of carbonyl (C=O) groups excluding carboxylic acids is 1. The van der Waals surface area contributed by atoms with E-state index in [4.69, 9.17) is 4.74 Å². The predicted molar refractivity (Wildman–Crippen MR) is 75.1 cm³/mol. The highest BCUT2D eigenvalue weighted by Gasteiger charge is 2.17. The molecule has 19 heavy (non-hydrogen) atoms. The lowest BCUT2D eigenvalue weighted by atomic mass is 10.1. The van der Waals surface area contributed by atoms with Gasteiger partial charge in [0, 0.05) is 11.6 Å². The van der Waals surface area contributed by atoms with Crippen LogP contribution in [0.2, 0.25) is 0 Å². The van der Waals surface area contributed by atoms with Gasteiger partial charge in [0.1, 0.15) is 12.4 Å². The molecule has 0 spiro atoms. The Morgan fingerprint density at radius 3 is 2.63 bits per heavy atom. The van der Waals surface area contributed by atoms with Gasteiger partial charge in [-0.2, -0.15) is 0 Å². The third-order valence-electron chi connectivity index (χ3n) is 3.29. The number of nitrogens with one attached hydrogen (secondary N) is 1. The molecule has 0 atom stereocenters. The maximum Gasteiger partial charge on any atom is 0.251 e. The first-order valence-electron chi connectivity index (χ1n) is 6.73. The highest BCUT2D eigenvalue weighted by atomic mass is 16.5. The number of amides is 1. The Bertz CT molecular complexity index is 476. The largest absolute Gasteiger partial charge is 0.481 e. The lowest BCUT2D eigenvalue weighted by molar-refractivity contribution is 0.0938. The monoisotopic (exact) mass is 257 g/mol. The van der Waals surface area contributed by atoms with Crippen molar-refractivity contribution in [1.82, 2.24) is 5.32 Å². The Balaban J connectivity index is 1.89. The van der Waals surface area contributed by atoms with Crippen LogP contribution in [0.3, 0.4) is 0 Å². The number of hydrogen-bond donors (Lipinski definition) is 1. The molecule has 3 heteroatoms. The molecule has 1 saturated carbocycles. The van der Waals surface area contributed by atoms with E-state index in [-0.39, 0.29) is 5.91 Å². The zero-order valence-corrected chi connectivity index (χ0v) is 11.2. The summed E-state index contributed by atoms with van der Waals surface area (Å²) in [5.74, 6) is 6.34. The second kappa shape index (κ2) is 6.84. The van der Waals surface area contributed by atoms with Crippen molar-refractivity contribution in [2.75, 3.05) is 6.61 Å². The van der Waals surface area contributed by atoms with Crippen molar-refractivity contribution in [3.63, 3.8) is 0 Å². The maximum atomic E-state index is 12.0. The first-order valence-corrected chi connectivity index (χ1v) is 6.73. The summed E-state index contributed by atoms with van der Waals surface area (Å²) < 4.78 is 5.41. The van der Waals surface area contributed by atoms with Crippen LogP contribution in [0.15, 0.2) is 24.3 Å². The number of ether oxygens (including phenoxy) is 1. The average Bonchev–Trinajstić information content (AvgIpc) is 2.93. The standard InChI is InChI=1S/C16H19NO2/c1-2-3-12-19-15-10-8-13(9-11-15)16(18)17-14-6-4-5-7-14/h8-11,14H,4-7,12H2,1H3,(H,17,18). The fourth-order valence-corrected chi connectivity index (χ4v) is 2.23. The van der Waals surface area contributed by atoms with E-state index in [1.807, 2.05) is 0 Å². The average molecular weight is 257 g/mol. The van der Waals surface area contributed by atoms with E-state index in [1.165, 1.54) is 12.8 Å². The first kappa shape index (κ1) is 13.5. The molecule has 1 aliphatic carbocycles. The molecule has 0 heterocycles. The Hall–Kier alpha value is -1.95. The molecule has 0 aliphatic heterocycles. The second-order valence-corrected chi connectivity index (χ2v) is 4.69. The zero-order valence-electron chi connectivity index (χ0n) is 11.2. The molecule has 1 N–H and O–H groups in total. The molecule has 1 aromatic rings. The third-order valence-corrected chi connectivity index (χ3v) is 3.29. The van der Waals surface area contributed by atoms with Crippen LogP contribution in [0.25, 0.3) is 0 Å². The van der Waals surface area contributed by atoms with Crippen LogP contribution in [0.5, 0.6) is 5.75 Å². The predicted octanol–water partition coefficient (Wildman–Crippen LogP) is 2.76. The van der Waals surface area contributed by atoms with Crippen LogP contribution in [0.4, 0.5) is 0 Å². The van der Waals surface area contributed by atoms with Crippen LogP contribution < -0.4 is 10.1 Å². The molecule has 2 rings (SSSR count). The lowest BCUT2D eigenvalue weighted by Crippen LogP contribution is -2.32. The Labute approximate surface area is 114 Å². The lowest BCUT2D eigenvalue weighted by Gasteiger charge is -2.12. The van der Waals surface area contributed by atoms with E-state index in [0.717, 1.165) is 18.6 Å². The Morgan fingerprint density at radius 2 is 2.00 bits per heavy atom. The highest BCUT2D eigenvalue weighted by Crippen LogP contribution is 2.18. The molecule has 0 saturated heterocycles. The van der Waals surface area contributed by atoms with E-state index >= 15 is 0 Å². The molecular weight excluding hydrogens is 238 g/mol. The van der Waals surface area contributed by atoms with Gasteiger partial charge in [-0.1, -0.05) is 18.8 Å². The van der Waals surface area contributed by atoms with Crippen molar-refractivity contribution in [3.05, 3.63) is 29.8 Å². The summed E-state index contributed by atoms with van der Waals surface area (Å²) in [5.41, 5.74) is 0.681. The molecule has 1 fully saturated rings. The summed E-state index contributed by atoms with van der Waals surface area (Å²) >= 11 is 0. The zero-order chi connectivity index (χ0) is 13.5. The fourth-order valence-electron chi connectivity index (χ4n) is 2.23. The van der Waals surface area contributed by atoms with Gasteiger partial charge >= 0.3 is 0 Å². The minimum absolute atomic E-state index is 0.00630. The Kier molecular flexibility index (Phi) is 4.85. The number of carbonyl (C=O) groups is 1.